The Bertz CT molecular complexity index is 903. The van der Waals surface area contributed by atoms with Gasteiger partial charge in [0.15, 0.2) is 0 Å². The predicted octanol–water partition coefficient (Wildman–Crippen LogP) is 6.15. The lowest BCUT2D eigenvalue weighted by Gasteiger charge is -2.44. The first kappa shape index (κ1) is 19.0. The van der Waals surface area contributed by atoms with Crippen LogP contribution in [-0.4, -0.2) is 11.2 Å². The monoisotopic (exact) mass is 392 g/mol. The summed E-state index contributed by atoms with van der Waals surface area (Å²) in [6.45, 7) is 9.01. The molecule has 1 heterocycles. The second-order valence-electron chi connectivity index (χ2n) is 10.1. The Hall–Kier alpha value is -2.00. The maximum absolute atomic E-state index is 9.81. The number of phenols is 1. The molecular weight excluding hydrogens is 360 g/mol. The molecule has 0 bridgehead atoms. The molecule has 1 N–H and O–H groups in total. The summed E-state index contributed by atoms with van der Waals surface area (Å²) in [5.41, 5.74) is 2.18. The minimum Gasteiger partial charge on any atom is -0.508 e. The van der Waals surface area contributed by atoms with Crippen molar-refractivity contribution in [2.75, 3.05) is 0 Å². The third-order valence-electron chi connectivity index (χ3n) is 8.16. The molecule has 5 rings (SSSR count). The van der Waals surface area contributed by atoms with Gasteiger partial charge in [0.05, 0.1) is 6.10 Å². The first-order chi connectivity index (χ1) is 13.8. The van der Waals surface area contributed by atoms with Gasteiger partial charge in [-0.1, -0.05) is 38.1 Å². The Labute approximate surface area is 174 Å². The summed E-state index contributed by atoms with van der Waals surface area (Å²) in [6, 6.07) is 16.2. The Balaban J connectivity index is 1.57. The predicted molar refractivity (Wildman–Crippen MR) is 114 cm³/mol. The Morgan fingerprint density at radius 3 is 2.24 bits per heavy atom. The van der Waals surface area contributed by atoms with Gasteiger partial charge in [-0.25, -0.2) is 0 Å². The molecule has 3 fully saturated rings. The molecule has 0 aromatic heterocycles. The summed E-state index contributed by atoms with van der Waals surface area (Å²) >= 11 is 0. The second-order valence-corrected chi connectivity index (χ2v) is 10.1. The quantitative estimate of drug-likeness (QED) is 0.635. The highest BCUT2D eigenvalue weighted by Crippen LogP contribution is 2.76. The molecule has 0 amide bonds. The van der Waals surface area contributed by atoms with E-state index in [0.717, 1.165) is 24.5 Å². The fraction of sp³-hybridized carbons (Fsp3) is 0.538. The van der Waals surface area contributed by atoms with E-state index in [1.54, 1.807) is 12.1 Å². The number of phenolic OH excluding ortho intramolecular Hbond substituents is 1. The number of fused-ring (bicyclic) bond motifs is 2. The van der Waals surface area contributed by atoms with Crippen LogP contribution in [-0.2, 0) is 15.9 Å². The molecule has 5 atom stereocenters. The molecule has 0 radical (unpaired) electrons. The number of ether oxygens (including phenoxy) is 2. The third-order valence-corrected chi connectivity index (χ3v) is 8.16. The van der Waals surface area contributed by atoms with Crippen molar-refractivity contribution in [3.63, 3.8) is 0 Å². The number of hydrogen-bond donors (Lipinski definition) is 1. The minimum atomic E-state index is -0.288. The van der Waals surface area contributed by atoms with Gasteiger partial charge < -0.3 is 14.6 Å². The second kappa shape index (κ2) is 6.25. The first-order valence-corrected chi connectivity index (χ1v) is 11.1. The highest BCUT2D eigenvalue weighted by molar-refractivity contribution is 5.46. The van der Waals surface area contributed by atoms with Crippen LogP contribution >= 0.6 is 0 Å². The fourth-order valence-electron chi connectivity index (χ4n) is 6.32. The fourth-order valence-corrected chi connectivity index (χ4v) is 6.32. The van der Waals surface area contributed by atoms with E-state index in [2.05, 4.69) is 52.0 Å². The average Bonchev–Trinajstić information content (AvgIpc) is 3.27. The SMILES string of the molecule is CC(C)Oc1ccc(C23CC4(C)C(C)CCC4CC2(c2ccc(O)cc2)O3)cc1. The van der Waals surface area contributed by atoms with Gasteiger partial charge in [-0.05, 0) is 92.2 Å². The molecule has 29 heavy (non-hydrogen) atoms. The highest BCUT2D eigenvalue weighted by Gasteiger charge is 2.77. The summed E-state index contributed by atoms with van der Waals surface area (Å²) in [7, 11) is 0. The summed E-state index contributed by atoms with van der Waals surface area (Å²) in [5, 5.41) is 9.81. The van der Waals surface area contributed by atoms with Gasteiger partial charge in [-0.2, -0.15) is 0 Å². The average molecular weight is 393 g/mol. The van der Waals surface area contributed by atoms with E-state index in [0.29, 0.717) is 17.1 Å². The molecule has 1 saturated heterocycles. The number of aromatic hydroxyl groups is 1. The van der Waals surface area contributed by atoms with Gasteiger partial charge in [-0.3, -0.25) is 0 Å². The maximum atomic E-state index is 9.81. The van der Waals surface area contributed by atoms with E-state index >= 15 is 0 Å². The first-order valence-electron chi connectivity index (χ1n) is 11.1. The van der Waals surface area contributed by atoms with Crippen molar-refractivity contribution < 1.29 is 14.6 Å². The molecular formula is C26H32O3. The molecule has 2 aliphatic carbocycles. The normalized spacial score (nSPS) is 37.8. The summed E-state index contributed by atoms with van der Waals surface area (Å²) < 4.78 is 12.7. The zero-order chi connectivity index (χ0) is 20.4. The van der Waals surface area contributed by atoms with Gasteiger partial charge in [0, 0.05) is 0 Å². The zero-order valence-electron chi connectivity index (χ0n) is 17.9. The van der Waals surface area contributed by atoms with Crippen molar-refractivity contribution in [3.05, 3.63) is 59.7 Å². The smallest absolute Gasteiger partial charge is 0.128 e. The van der Waals surface area contributed by atoms with Crippen molar-refractivity contribution in [2.45, 2.75) is 70.7 Å². The van der Waals surface area contributed by atoms with E-state index < -0.39 is 0 Å². The lowest BCUT2D eigenvalue weighted by molar-refractivity contribution is 0.0775. The van der Waals surface area contributed by atoms with Crippen LogP contribution < -0.4 is 4.74 Å². The van der Waals surface area contributed by atoms with E-state index in [9.17, 15) is 5.11 Å². The van der Waals surface area contributed by atoms with Crippen LogP contribution in [0.1, 0.15) is 64.5 Å². The van der Waals surface area contributed by atoms with E-state index in [-0.39, 0.29) is 17.3 Å². The highest BCUT2D eigenvalue weighted by atomic mass is 16.6. The molecule has 3 nitrogen and oxygen atoms in total. The summed E-state index contributed by atoms with van der Waals surface area (Å²) in [5.74, 6) is 2.62. The van der Waals surface area contributed by atoms with Gasteiger partial charge in [0.1, 0.15) is 22.7 Å². The van der Waals surface area contributed by atoms with Crippen molar-refractivity contribution in [3.8, 4) is 11.5 Å². The van der Waals surface area contributed by atoms with Crippen molar-refractivity contribution in [1.82, 2.24) is 0 Å². The molecule has 3 aliphatic rings. The van der Waals surface area contributed by atoms with E-state index in [1.165, 1.54) is 24.0 Å². The van der Waals surface area contributed by atoms with Crippen LogP contribution in [0.5, 0.6) is 11.5 Å². The number of hydrogen-bond acceptors (Lipinski definition) is 3. The lowest BCUT2D eigenvalue weighted by atomic mass is 9.57. The Morgan fingerprint density at radius 1 is 0.966 bits per heavy atom. The molecule has 1 aliphatic heterocycles. The molecule has 2 aromatic rings. The maximum Gasteiger partial charge on any atom is 0.128 e. The summed E-state index contributed by atoms with van der Waals surface area (Å²) in [4.78, 5) is 0. The topological polar surface area (TPSA) is 42.0 Å². The van der Waals surface area contributed by atoms with Crippen LogP contribution in [0.3, 0.4) is 0 Å². The molecule has 0 spiro atoms. The summed E-state index contributed by atoms with van der Waals surface area (Å²) in [6.07, 6.45) is 4.88. The molecule has 154 valence electrons. The molecule has 3 heteroatoms. The van der Waals surface area contributed by atoms with E-state index in [4.69, 9.17) is 9.47 Å². The van der Waals surface area contributed by atoms with Crippen molar-refractivity contribution in [2.24, 2.45) is 17.3 Å². The lowest BCUT2D eigenvalue weighted by Crippen LogP contribution is -2.42. The third kappa shape index (κ3) is 2.66. The van der Waals surface area contributed by atoms with Crippen LogP contribution in [0.2, 0.25) is 0 Å². The number of rotatable bonds is 4. The van der Waals surface area contributed by atoms with Gasteiger partial charge in [-0.15, -0.1) is 0 Å². The molecule has 2 saturated carbocycles. The Morgan fingerprint density at radius 2 is 1.59 bits per heavy atom. The molecule has 2 aromatic carbocycles. The number of benzene rings is 2. The van der Waals surface area contributed by atoms with E-state index in [1.807, 2.05) is 12.1 Å². The zero-order valence-corrected chi connectivity index (χ0v) is 17.9. The Kier molecular flexibility index (Phi) is 4.09. The van der Waals surface area contributed by atoms with Crippen LogP contribution in [0.4, 0.5) is 0 Å². The van der Waals surface area contributed by atoms with Crippen LogP contribution in [0.25, 0.3) is 0 Å². The van der Waals surface area contributed by atoms with Crippen LogP contribution in [0.15, 0.2) is 48.5 Å². The largest absolute Gasteiger partial charge is 0.508 e. The number of epoxide rings is 1. The van der Waals surface area contributed by atoms with Gasteiger partial charge in [0.25, 0.3) is 0 Å². The van der Waals surface area contributed by atoms with Crippen molar-refractivity contribution >= 4 is 0 Å². The van der Waals surface area contributed by atoms with Gasteiger partial charge >= 0.3 is 0 Å². The van der Waals surface area contributed by atoms with Gasteiger partial charge in [0.2, 0.25) is 0 Å². The minimum absolute atomic E-state index is 0.168. The van der Waals surface area contributed by atoms with Crippen molar-refractivity contribution in [1.29, 1.82) is 0 Å². The standard InChI is InChI=1S/C26H32O3/c1-17(2)28-23-13-9-20(10-14-23)26-16-24(4)18(3)5-6-21(24)15-25(26,29-26)19-7-11-22(27)12-8-19/h7-14,17-18,21,27H,5-6,15-16H2,1-4H3. The molecule has 5 unspecified atom stereocenters. The van der Waals surface area contributed by atoms with Crippen LogP contribution in [0, 0.1) is 17.3 Å².